The fraction of sp³-hybridized carbons (Fsp3) is 0.167. The van der Waals surface area contributed by atoms with Gasteiger partial charge >= 0.3 is 6.03 Å². The molecule has 31 heavy (non-hydrogen) atoms. The third kappa shape index (κ3) is 4.86. The van der Waals surface area contributed by atoms with Crippen LogP contribution >= 0.6 is 11.6 Å². The fourth-order valence-corrected chi connectivity index (χ4v) is 3.67. The van der Waals surface area contributed by atoms with E-state index in [-0.39, 0.29) is 11.6 Å². The van der Waals surface area contributed by atoms with Crippen LogP contribution in [0.15, 0.2) is 72.8 Å². The largest absolute Gasteiger partial charge is 0.324 e. The van der Waals surface area contributed by atoms with Crippen molar-refractivity contribution in [1.29, 1.82) is 0 Å². The third-order valence-corrected chi connectivity index (χ3v) is 5.41. The van der Waals surface area contributed by atoms with Gasteiger partial charge in [-0.25, -0.2) is 9.18 Å². The SMILES string of the molecule is O=C(Nc1ccc(N2CCCN(Cc3ccc(Cl)cc3)C2=O)cc1)c1ccccc1F. The zero-order valence-corrected chi connectivity index (χ0v) is 17.5. The van der Waals surface area contributed by atoms with Crippen molar-refractivity contribution in [2.45, 2.75) is 13.0 Å². The first-order valence-corrected chi connectivity index (χ1v) is 10.4. The molecule has 3 aromatic carbocycles. The molecule has 1 fully saturated rings. The van der Waals surface area contributed by atoms with Crippen molar-refractivity contribution < 1.29 is 14.0 Å². The lowest BCUT2D eigenvalue weighted by atomic mass is 10.1. The maximum atomic E-state index is 13.8. The average Bonchev–Trinajstić information content (AvgIpc) is 2.78. The molecule has 0 spiro atoms. The molecule has 1 heterocycles. The summed E-state index contributed by atoms with van der Waals surface area (Å²) < 4.78 is 13.8. The van der Waals surface area contributed by atoms with Gasteiger partial charge in [0.15, 0.2) is 0 Å². The Kier molecular flexibility index (Phi) is 6.18. The van der Waals surface area contributed by atoms with Gasteiger partial charge < -0.3 is 10.2 Å². The Bertz CT molecular complexity index is 1090. The van der Waals surface area contributed by atoms with E-state index in [9.17, 15) is 14.0 Å². The number of nitrogens with zero attached hydrogens (tertiary/aromatic N) is 2. The topological polar surface area (TPSA) is 52.7 Å². The van der Waals surface area contributed by atoms with Gasteiger partial charge in [-0.05, 0) is 60.5 Å². The summed E-state index contributed by atoms with van der Waals surface area (Å²) in [5, 5.41) is 3.35. The first-order chi connectivity index (χ1) is 15.0. The molecule has 0 saturated carbocycles. The number of hydrogen-bond acceptors (Lipinski definition) is 2. The second-order valence-electron chi connectivity index (χ2n) is 7.32. The summed E-state index contributed by atoms with van der Waals surface area (Å²) in [4.78, 5) is 28.8. The molecule has 1 aliphatic heterocycles. The van der Waals surface area contributed by atoms with E-state index in [0.29, 0.717) is 30.3 Å². The molecule has 0 radical (unpaired) electrons. The molecule has 158 valence electrons. The minimum absolute atomic E-state index is 0.0179. The van der Waals surface area contributed by atoms with Crippen LogP contribution in [0.25, 0.3) is 0 Å². The van der Waals surface area contributed by atoms with Crippen molar-refractivity contribution in [2.24, 2.45) is 0 Å². The number of urea groups is 1. The standard InChI is InChI=1S/C24H21ClFN3O2/c25-18-8-6-17(7-9-18)16-28-14-3-15-29(24(28)31)20-12-10-19(11-13-20)27-23(30)21-4-1-2-5-22(21)26/h1-2,4-13H,3,14-16H2,(H,27,30). The van der Waals surface area contributed by atoms with Gasteiger partial charge in [0.1, 0.15) is 5.82 Å². The van der Waals surface area contributed by atoms with E-state index in [1.807, 2.05) is 24.3 Å². The molecule has 3 aromatic rings. The highest BCUT2D eigenvalue weighted by molar-refractivity contribution is 6.30. The summed E-state index contributed by atoms with van der Waals surface area (Å²) in [6.07, 6.45) is 0.852. The van der Waals surface area contributed by atoms with Gasteiger partial charge in [-0.15, -0.1) is 0 Å². The van der Waals surface area contributed by atoms with Gasteiger partial charge in [0.05, 0.1) is 5.56 Å². The van der Waals surface area contributed by atoms with Crippen LogP contribution in [-0.4, -0.2) is 29.9 Å². The molecule has 1 saturated heterocycles. The highest BCUT2D eigenvalue weighted by Gasteiger charge is 2.26. The zero-order chi connectivity index (χ0) is 21.8. The molecule has 0 bridgehead atoms. The molecule has 0 unspecified atom stereocenters. The summed E-state index contributed by atoms with van der Waals surface area (Å²) in [6, 6.07) is 20.2. The number of hydrogen-bond donors (Lipinski definition) is 1. The summed E-state index contributed by atoms with van der Waals surface area (Å²) in [7, 11) is 0. The summed E-state index contributed by atoms with van der Waals surface area (Å²) in [6.45, 7) is 1.83. The van der Waals surface area contributed by atoms with E-state index in [4.69, 9.17) is 11.6 Å². The van der Waals surface area contributed by atoms with Gasteiger partial charge in [0.25, 0.3) is 5.91 Å². The Morgan fingerprint density at radius 3 is 2.39 bits per heavy atom. The number of carbonyl (C=O) groups excluding carboxylic acids is 2. The van der Waals surface area contributed by atoms with Crippen LogP contribution in [0.4, 0.5) is 20.6 Å². The van der Waals surface area contributed by atoms with Gasteiger partial charge in [-0.2, -0.15) is 0 Å². The lowest BCUT2D eigenvalue weighted by molar-refractivity contribution is 0.102. The molecular weight excluding hydrogens is 417 g/mol. The zero-order valence-electron chi connectivity index (χ0n) is 16.7. The molecule has 5 nitrogen and oxygen atoms in total. The summed E-state index contributed by atoms with van der Waals surface area (Å²) in [5.74, 6) is -1.09. The highest BCUT2D eigenvalue weighted by Crippen LogP contribution is 2.24. The quantitative estimate of drug-likeness (QED) is 0.567. The molecule has 0 aromatic heterocycles. The number of amides is 3. The van der Waals surface area contributed by atoms with Crippen molar-refractivity contribution in [3.8, 4) is 0 Å². The third-order valence-electron chi connectivity index (χ3n) is 5.15. The van der Waals surface area contributed by atoms with E-state index < -0.39 is 11.7 Å². The maximum absolute atomic E-state index is 13.8. The Morgan fingerprint density at radius 1 is 0.968 bits per heavy atom. The molecular formula is C24H21ClFN3O2. The van der Waals surface area contributed by atoms with Crippen LogP contribution in [-0.2, 0) is 6.54 Å². The highest BCUT2D eigenvalue weighted by atomic mass is 35.5. The van der Waals surface area contributed by atoms with Crippen molar-refractivity contribution in [2.75, 3.05) is 23.3 Å². The lowest BCUT2D eigenvalue weighted by Crippen LogP contribution is -2.49. The average molecular weight is 438 g/mol. The predicted molar refractivity (Wildman–Crippen MR) is 120 cm³/mol. The van der Waals surface area contributed by atoms with Gasteiger partial charge in [0, 0.05) is 36.0 Å². The smallest absolute Gasteiger partial charge is 0.322 e. The maximum Gasteiger partial charge on any atom is 0.324 e. The van der Waals surface area contributed by atoms with Crippen LogP contribution in [0.1, 0.15) is 22.3 Å². The van der Waals surface area contributed by atoms with Crippen molar-refractivity contribution in [1.82, 2.24) is 4.90 Å². The van der Waals surface area contributed by atoms with Crippen LogP contribution in [0.2, 0.25) is 5.02 Å². The molecule has 3 amide bonds. The Labute approximate surface area is 185 Å². The van der Waals surface area contributed by atoms with Crippen LogP contribution in [0.5, 0.6) is 0 Å². The normalized spacial score (nSPS) is 13.9. The number of rotatable bonds is 5. The molecule has 7 heteroatoms. The van der Waals surface area contributed by atoms with Gasteiger partial charge in [-0.1, -0.05) is 35.9 Å². The van der Waals surface area contributed by atoms with Gasteiger partial charge in [-0.3, -0.25) is 9.69 Å². The number of benzene rings is 3. The Balaban J connectivity index is 1.43. The first kappa shape index (κ1) is 20.9. The van der Waals surface area contributed by atoms with Crippen molar-refractivity contribution >= 4 is 34.9 Å². The molecule has 1 N–H and O–H groups in total. The van der Waals surface area contributed by atoms with E-state index in [1.165, 1.54) is 18.2 Å². The first-order valence-electron chi connectivity index (χ1n) is 9.98. The second kappa shape index (κ2) is 9.18. The van der Waals surface area contributed by atoms with Crippen LogP contribution in [0, 0.1) is 5.82 Å². The van der Waals surface area contributed by atoms with Crippen molar-refractivity contribution in [3.63, 3.8) is 0 Å². The Morgan fingerprint density at radius 2 is 1.68 bits per heavy atom. The fourth-order valence-electron chi connectivity index (χ4n) is 3.55. The minimum atomic E-state index is -0.573. The molecule has 0 aliphatic carbocycles. The number of halogens is 2. The van der Waals surface area contributed by atoms with E-state index >= 15 is 0 Å². The Hall–Kier alpha value is -3.38. The second-order valence-corrected chi connectivity index (χ2v) is 7.75. The number of nitrogens with one attached hydrogen (secondary N) is 1. The summed E-state index contributed by atoms with van der Waals surface area (Å²) in [5.41, 5.74) is 2.27. The molecule has 4 rings (SSSR count). The van der Waals surface area contributed by atoms with E-state index in [1.54, 1.807) is 40.1 Å². The van der Waals surface area contributed by atoms with Gasteiger partial charge in [0.2, 0.25) is 0 Å². The lowest BCUT2D eigenvalue weighted by Gasteiger charge is -2.35. The number of anilines is 2. The molecule has 1 aliphatic rings. The monoisotopic (exact) mass is 437 g/mol. The number of carbonyl (C=O) groups is 2. The summed E-state index contributed by atoms with van der Waals surface area (Å²) >= 11 is 5.94. The molecule has 0 atom stereocenters. The predicted octanol–water partition coefficient (Wildman–Crippen LogP) is 5.56. The van der Waals surface area contributed by atoms with Crippen molar-refractivity contribution in [3.05, 3.63) is 94.8 Å². The van der Waals surface area contributed by atoms with Crippen LogP contribution in [0.3, 0.4) is 0 Å². The van der Waals surface area contributed by atoms with E-state index in [0.717, 1.165) is 17.7 Å². The van der Waals surface area contributed by atoms with Crippen LogP contribution < -0.4 is 10.2 Å². The van der Waals surface area contributed by atoms with E-state index in [2.05, 4.69) is 5.32 Å². The minimum Gasteiger partial charge on any atom is -0.322 e.